The number of hydrogen-bond donors (Lipinski definition) is 5. The molecule has 0 saturated heterocycles. The van der Waals surface area contributed by atoms with E-state index in [4.69, 9.17) is 9.84 Å². The largest absolute Gasteiger partial charge is 0.490 e. The Morgan fingerprint density at radius 2 is 2.21 bits per heavy atom. The molecule has 1 aliphatic heterocycles. The highest BCUT2D eigenvalue weighted by molar-refractivity contribution is 5.36. The zero-order valence-electron chi connectivity index (χ0n) is 17.5. The molecule has 0 aliphatic carbocycles. The normalized spacial score (nSPS) is 16.4. The summed E-state index contributed by atoms with van der Waals surface area (Å²) >= 11 is 0. The number of benzene rings is 1. The molecule has 0 saturated carbocycles. The highest BCUT2D eigenvalue weighted by Crippen LogP contribution is 2.21. The van der Waals surface area contributed by atoms with Crippen LogP contribution in [-0.2, 0) is 6.54 Å². The summed E-state index contributed by atoms with van der Waals surface area (Å²) in [5.41, 5.74) is 8.85. The van der Waals surface area contributed by atoms with Crippen LogP contribution in [0.1, 0.15) is 31.4 Å². The highest BCUT2D eigenvalue weighted by Gasteiger charge is 2.17. The smallest absolute Gasteiger partial charge is 0.139 e. The second kappa shape index (κ2) is 10.9. The van der Waals surface area contributed by atoms with Gasteiger partial charge in [0.1, 0.15) is 18.0 Å². The molecule has 2 rings (SSSR count). The quantitative estimate of drug-likeness (QED) is 0.369. The van der Waals surface area contributed by atoms with Crippen molar-refractivity contribution in [2.24, 2.45) is 0 Å². The summed E-state index contributed by atoms with van der Waals surface area (Å²) < 4.78 is 19.2. The monoisotopic (exact) mass is 404 g/mol. The molecule has 5 N–H and O–H groups in total. The molecule has 7 heteroatoms. The second-order valence-corrected chi connectivity index (χ2v) is 7.76. The third-order valence-electron chi connectivity index (χ3n) is 4.32. The van der Waals surface area contributed by atoms with E-state index in [1.165, 1.54) is 13.8 Å². The van der Waals surface area contributed by atoms with Gasteiger partial charge in [-0.1, -0.05) is 18.7 Å². The van der Waals surface area contributed by atoms with Gasteiger partial charge in [0, 0.05) is 31.4 Å². The highest BCUT2D eigenvalue weighted by atomic mass is 19.1. The number of hydrazine groups is 1. The topological polar surface area (TPSA) is 77.6 Å². The predicted octanol–water partition coefficient (Wildman–Crippen LogP) is 2.57. The summed E-state index contributed by atoms with van der Waals surface area (Å²) in [4.78, 5) is 0. The molecular weight excluding hydrogens is 371 g/mol. The lowest BCUT2D eigenvalue weighted by Gasteiger charge is -2.18. The number of aliphatic hydroxyl groups is 1. The van der Waals surface area contributed by atoms with Gasteiger partial charge >= 0.3 is 0 Å². The minimum absolute atomic E-state index is 0.0294. The molecule has 1 aromatic carbocycles. The van der Waals surface area contributed by atoms with Gasteiger partial charge in [0.25, 0.3) is 0 Å². The Labute approximate surface area is 172 Å². The molecule has 1 atom stereocenters. The molecule has 6 nitrogen and oxygen atoms in total. The van der Waals surface area contributed by atoms with Gasteiger partial charge in [0.05, 0.1) is 12.6 Å². The van der Waals surface area contributed by atoms with Crippen LogP contribution in [0.15, 0.2) is 54.5 Å². The molecule has 0 radical (unpaired) electrons. The first-order chi connectivity index (χ1) is 13.8. The maximum absolute atomic E-state index is 13.6. The standard InChI is InChI=1S/C22H33FN4O2/c1-16-11-18(5-6-21(16)29-15-22(3,4)23)13-24-14-19(20-7-8-26-27-20)12-17(2)25-9-10-28/h5-8,11,14,20,24-28H,2,9-10,12-13,15H2,1,3-4H3/b19-14-. The van der Waals surface area contributed by atoms with E-state index in [1.54, 1.807) is 0 Å². The summed E-state index contributed by atoms with van der Waals surface area (Å²) in [7, 11) is 0. The molecule has 1 aromatic rings. The van der Waals surface area contributed by atoms with Crippen molar-refractivity contribution in [1.29, 1.82) is 0 Å². The molecule has 1 heterocycles. The second-order valence-electron chi connectivity index (χ2n) is 7.76. The molecule has 160 valence electrons. The van der Waals surface area contributed by atoms with Crippen LogP contribution in [0.3, 0.4) is 0 Å². The van der Waals surface area contributed by atoms with Gasteiger partial charge < -0.3 is 25.9 Å². The molecule has 29 heavy (non-hydrogen) atoms. The van der Waals surface area contributed by atoms with Gasteiger partial charge in [-0.2, -0.15) is 0 Å². The van der Waals surface area contributed by atoms with Gasteiger partial charge in [-0.3, -0.25) is 0 Å². The van der Waals surface area contributed by atoms with Crippen molar-refractivity contribution in [3.8, 4) is 5.75 Å². The van der Waals surface area contributed by atoms with Crippen LogP contribution < -0.4 is 26.2 Å². The van der Waals surface area contributed by atoms with Crippen LogP contribution in [0.25, 0.3) is 0 Å². The summed E-state index contributed by atoms with van der Waals surface area (Å²) in [6.07, 6.45) is 6.55. The Bertz CT molecular complexity index is 741. The molecule has 1 unspecified atom stereocenters. The van der Waals surface area contributed by atoms with Gasteiger partial charge in [-0.05, 0) is 55.8 Å². The lowest BCUT2D eigenvalue weighted by atomic mass is 10.0. The molecule has 0 spiro atoms. The maximum Gasteiger partial charge on any atom is 0.139 e. The minimum atomic E-state index is -1.36. The zero-order chi connectivity index (χ0) is 21.3. The van der Waals surface area contributed by atoms with Crippen molar-refractivity contribution in [2.75, 3.05) is 19.8 Å². The van der Waals surface area contributed by atoms with Crippen LogP contribution in [0.2, 0.25) is 0 Å². The summed E-state index contributed by atoms with van der Waals surface area (Å²) in [5, 5.41) is 15.4. The van der Waals surface area contributed by atoms with Gasteiger partial charge in [-0.15, -0.1) is 0 Å². The first-order valence-electron chi connectivity index (χ1n) is 9.82. The Morgan fingerprint density at radius 3 is 2.83 bits per heavy atom. The van der Waals surface area contributed by atoms with Gasteiger partial charge in [0.2, 0.25) is 0 Å². The van der Waals surface area contributed by atoms with Crippen LogP contribution in [-0.4, -0.2) is 36.6 Å². The average molecular weight is 405 g/mol. The lowest BCUT2D eigenvalue weighted by Crippen LogP contribution is -2.33. The maximum atomic E-state index is 13.6. The number of hydrogen-bond acceptors (Lipinski definition) is 6. The Kier molecular flexibility index (Phi) is 8.54. The fraction of sp³-hybridized carbons (Fsp3) is 0.455. The van der Waals surface area contributed by atoms with Crippen molar-refractivity contribution in [1.82, 2.24) is 21.5 Å². The number of aryl methyl sites for hydroxylation is 1. The van der Waals surface area contributed by atoms with E-state index in [2.05, 4.69) is 28.1 Å². The zero-order valence-corrected chi connectivity index (χ0v) is 17.5. The minimum Gasteiger partial charge on any atom is -0.490 e. The molecule has 0 aromatic heterocycles. The van der Waals surface area contributed by atoms with Gasteiger partial charge in [-0.25, -0.2) is 9.82 Å². The first kappa shape index (κ1) is 22.8. The fourth-order valence-corrected chi connectivity index (χ4v) is 2.87. The molecule has 0 fully saturated rings. The van der Waals surface area contributed by atoms with Crippen molar-refractivity contribution >= 4 is 0 Å². The molecular formula is C22H33FN4O2. The molecule has 1 aliphatic rings. The Morgan fingerprint density at radius 1 is 1.41 bits per heavy atom. The van der Waals surface area contributed by atoms with E-state index >= 15 is 0 Å². The van der Waals surface area contributed by atoms with Crippen molar-refractivity contribution < 1.29 is 14.2 Å². The number of allylic oxidation sites excluding steroid dienone is 1. The molecule has 0 amide bonds. The van der Waals surface area contributed by atoms with Crippen LogP contribution >= 0.6 is 0 Å². The van der Waals surface area contributed by atoms with Crippen LogP contribution in [0.4, 0.5) is 4.39 Å². The van der Waals surface area contributed by atoms with Crippen molar-refractivity contribution in [2.45, 2.75) is 45.4 Å². The molecule has 0 bridgehead atoms. The number of aliphatic hydroxyl groups excluding tert-OH is 1. The van der Waals surface area contributed by atoms with Gasteiger partial charge in [0.15, 0.2) is 0 Å². The van der Waals surface area contributed by atoms with Crippen LogP contribution in [0.5, 0.6) is 5.75 Å². The average Bonchev–Trinajstić information content (AvgIpc) is 3.19. The predicted molar refractivity (Wildman–Crippen MR) is 115 cm³/mol. The Hall–Kier alpha value is -2.51. The van der Waals surface area contributed by atoms with E-state index in [0.29, 0.717) is 25.3 Å². The van der Waals surface area contributed by atoms with E-state index in [0.717, 1.165) is 22.4 Å². The number of rotatable bonds is 12. The SMILES string of the molecule is C=C(C/C(=C/NCc1ccc(OCC(C)(C)F)c(C)c1)C1C=CNN1)NCCO. The lowest BCUT2D eigenvalue weighted by molar-refractivity contribution is 0.120. The number of ether oxygens (including phenoxy) is 1. The summed E-state index contributed by atoms with van der Waals surface area (Å²) in [5.74, 6) is 0.702. The summed E-state index contributed by atoms with van der Waals surface area (Å²) in [6.45, 7) is 10.2. The third-order valence-corrected chi connectivity index (χ3v) is 4.32. The van der Waals surface area contributed by atoms with Crippen molar-refractivity contribution in [3.63, 3.8) is 0 Å². The summed E-state index contributed by atoms with van der Waals surface area (Å²) in [6, 6.07) is 5.97. The number of alkyl halides is 1. The Balaban J connectivity index is 1.96. The van der Waals surface area contributed by atoms with Crippen molar-refractivity contribution in [3.05, 3.63) is 65.7 Å². The van der Waals surface area contributed by atoms with E-state index in [9.17, 15) is 4.39 Å². The van der Waals surface area contributed by atoms with Crippen LogP contribution in [0, 0.1) is 6.92 Å². The van der Waals surface area contributed by atoms with E-state index in [-0.39, 0.29) is 19.3 Å². The van der Waals surface area contributed by atoms with E-state index < -0.39 is 5.67 Å². The fourth-order valence-electron chi connectivity index (χ4n) is 2.87. The third kappa shape index (κ3) is 8.17. The first-order valence-corrected chi connectivity index (χ1v) is 9.82. The number of nitrogens with one attached hydrogen (secondary N) is 4. The number of halogens is 1. The van der Waals surface area contributed by atoms with E-state index in [1.807, 2.05) is 43.6 Å².